The summed E-state index contributed by atoms with van der Waals surface area (Å²) in [4.78, 5) is 9.54. The second kappa shape index (κ2) is 7.81. The molecule has 134 valence electrons. The molecule has 0 saturated heterocycles. The third-order valence-corrected chi connectivity index (χ3v) is 4.94. The van der Waals surface area contributed by atoms with Crippen LogP contribution in [0.5, 0.6) is 0 Å². The Bertz CT molecular complexity index is 872. The minimum Gasteiger partial charge on any atom is -0.356 e. The van der Waals surface area contributed by atoms with Crippen LogP contribution in [0, 0.1) is 0 Å². The van der Waals surface area contributed by atoms with Gasteiger partial charge in [-0.05, 0) is 30.5 Å². The minimum atomic E-state index is -0.157. The third-order valence-electron chi connectivity index (χ3n) is 4.45. The van der Waals surface area contributed by atoms with Gasteiger partial charge in [0.25, 0.3) is 0 Å². The van der Waals surface area contributed by atoms with Gasteiger partial charge in [0, 0.05) is 37.0 Å². The maximum absolute atomic E-state index is 5.28. The molecule has 5 nitrogen and oxygen atoms in total. The monoisotopic (exact) mass is 405 g/mol. The van der Waals surface area contributed by atoms with Crippen LogP contribution in [0.2, 0.25) is 0 Å². The number of ether oxygens (including phenoxy) is 2. The Morgan fingerprint density at radius 3 is 2.64 bits per heavy atom. The molecule has 0 aliphatic rings. The van der Waals surface area contributed by atoms with Crippen LogP contribution < -0.4 is 0 Å². The molecule has 2 heterocycles. The van der Waals surface area contributed by atoms with E-state index in [4.69, 9.17) is 14.5 Å². The zero-order valence-electron chi connectivity index (χ0n) is 15.1. The van der Waals surface area contributed by atoms with Gasteiger partial charge < -0.3 is 14.0 Å². The number of benzene rings is 1. The number of pyridine rings is 1. The Hall–Kier alpha value is -1.50. The Morgan fingerprint density at radius 2 is 1.96 bits per heavy atom. The summed E-state index contributed by atoms with van der Waals surface area (Å²) < 4.78 is 13.8. The molecule has 25 heavy (non-hydrogen) atoms. The van der Waals surface area contributed by atoms with E-state index in [0.717, 1.165) is 51.5 Å². The molecule has 0 unspecified atom stereocenters. The number of hydrogen-bond donors (Lipinski definition) is 0. The molecule has 0 atom stereocenters. The molecule has 0 fully saturated rings. The third kappa shape index (κ3) is 3.71. The van der Waals surface area contributed by atoms with Crippen molar-refractivity contribution < 1.29 is 9.47 Å². The van der Waals surface area contributed by atoms with Crippen LogP contribution in [-0.4, -0.2) is 35.0 Å². The number of fused-ring (bicyclic) bond motifs is 3. The average Bonchev–Trinajstić information content (AvgIpc) is 3.01. The van der Waals surface area contributed by atoms with E-state index < -0.39 is 0 Å². The smallest absolute Gasteiger partial charge is 0.156 e. The fraction of sp³-hybridized carbons (Fsp3) is 0.474. The summed E-state index contributed by atoms with van der Waals surface area (Å²) in [6.45, 7) is 5.19. The molecular formula is C19H24BrN3O2. The summed E-state index contributed by atoms with van der Waals surface area (Å²) in [5.74, 6) is 0.320. The molecule has 0 saturated carbocycles. The highest BCUT2D eigenvalue weighted by atomic mass is 79.9. The molecule has 1 aromatic carbocycles. The predicted octanol–water partition coefficient (Wildman–Crippen LogP) is 4.87. The standard InChI is InChI=1S/C19H24BrN3O2/c1-12(2)17-18-19(14-8-7-13(20)10-15(14)22-17)23(11-21-18)9-5-6-16(24-3)25-4/h7-8,10-12,16H,5-6,9H2,1-4H3. The predicted molar refractivity (Wildman–Crippen MR) is 104 cm³/mol. The maximum Gasteiger partial charge on any atom is 0.156 e. The zero-order valence-corrected chi connectivity index (χ0v) is 16.7. The highest BCUT2D eigenvalue weighted by molar-refractivity contribution is 9.10. The van der Waals surface area contributed by atoms with E-state index in [-0.39, 0.29) is 6.29 Å². The largest absolute Gasteiger partial charge is 0.356 e. The maximum atomic E-state index is 5.28. The average molecular weight is 406 g/mol. The van der Waals surface area contributed by atoms with Crippen molar-refractivity contribution >= 4 is 37.9 Å². The molecule has 0 N–H and O–H groups in total. The zero-order chi connectivity index (χ0) is 18.0. The Kier molecular flexibility index (Phi) is 5.71. The SMILES string of the molecule is COC(CCCn1cnc2c(C(C)C)nc3cc(Br)ccc3c21)OC. The van der Waals surface area contributed by atoms with Crippen molar-refractivity contribution in [1.82, 2.24) is 14.5 Å². The number of nitrogens with zero attached hydrogens (tertiary/aromatic N) is 3. The van der Waals surface area contributed by atoms with E-state index in [9.17, 15) is 0 Å². The van der Waals surface area contributed by atoms with Gasteiger partial charge in [0.2, 0.25) is 0 Å². The topological polar surface area (TPSA) is 49.2 Å². The minimum absolute atomic E-state index is 0.157. The van der Waals surface area contributed by atoms with Crippen molar-refractivity contribution in [2.45, 2.75) is 45.4 Å². The quantitative estimate of drug-likeness (QED) is 0.526. The van der Waals surface area contributed by atoms with E-state index in [1.54, 1.807) is 14.2 Å². The number of methoxy groups -OCH3 is 2. The Labute approximate surface area is 156 Å². The van der Waals surface area contributed by atoms with Crippen molar-refractivity contribution in [3.8, 4) is 0 Å². The van der Waals surface area contributed by atoms with Crippen molar-refractivity contribution in [1.29, 1.82) is 0 Å². The second-order valence-corrected chi connectivity index (χ2v) is 7.41. The highest BCUT2D eigenvalue weighted by Gasteiger charge is 2.16. The number of hydrogen-bond acceptors (Lipinski definition) is 4. The molecule has 3 rings (SSSR count). The molecule has 6 heteroatoms. The van der Waals surface area contributed by atoms with Gasteiger partial charge in [-0.25, -0.2) is 4.98 Å². The normalized spacial score (nSPS) is 12.1. The van der Waals surface area contributed by atoms with Crippen LogP contribution in [0.3, 0.4) is 0 Å². The van der Waals surface area contributed by atoms with Gasteiger partial charge in [0.05, 0.1) is 23.1 Å². The van der Waals surface area contributed by atoms with Gasteiger partial charge in [-0.15, -0.1) is 0 Å². The molecule has 0 amide bonds. The van der Waals surface area contributed by atoms with Crippen LogP contribution in [-0.2, 0) is 16.0 Å². The van der Waals surface area contributed by atoms with E-state index in [1.165, 1.54) is 0 Å². The van der Waals surface area contributed by atoms with E-state index >= 15 is 0 Å². The summed E-state index contributed by atoms with van der Waals surface area (Å²) in [7, 11) is 3.35. The summed E-state index contributed by atoms with van der Waals surface area (Å²) in [5, 5.41) is 1.13. The molecule has 0 aliphatic heterocycles. The lowest BCUT2D eigenvalue weighted by Gasteiger charge is -2.14. The van der Waals surface area contributed by atoms with E-state index in [1.807, 2.05) is 6.33 Å². The molecule has 2 aromatic heterocycles. The van der Waals surface area contributed by atoms with Gasteiger partial charge in [-0.1, -0.05) is 29.8 Å². The van der Waals surface area contributed by atoms with Crippen LogP contribution in [0.1, 0.15) is 38.3 Å². The van der Waals surface area contributed by atoms with Crippen molar-refractivity contribution in [2.24, 2.45) is 0 Å². The molecule has 0 aliphatic carbocycles. The van der Waals surface area contributed by atoms with Gasteiger partial charge >= 0.3 is 0 Å². The first-order valence-corrected chi connectivity index (χ1v) is 9.34. The first kappa shape index (κ1) is 18.3. The first-order valence-electron chi connectivity index (χ1n) is 8.54. The van der Waals surface area contributed by atoms with Crippen molar-refractivity contribution in [2.75, 3.05) is 14.2 Å². The lowest BCUT2D eigenvalue weighted by Crippen LogP contribution is -2.13. The van der Waals surface area contributed by atoms with Crippen LogP contribution >= 0.6 is 15.9 Å². The van der Waals surface area contributed by atoms with Crippen molar-refractivity contribution in [3.63, 3.8) is 0 Å². The lowest BCUT2D eigenvalue weighted by atomic mass is 10.1. The van der Waals surface area contributed by atoms with E-state index in [0.29, 0.717) is 5.92 Å². The van der Waals surface area contributed by atoms with Gasteiger partial charge in [-0.3, -0.25) is 4.98 Å². The Balaban J connectivity index is 2.03. The number of imidazole rings is 1. The fourth-order valence-corrected chi connectivity index (χ4v) is 3.51. The summed E-state index contributed by atoms with van der Waals surface area (Å²) in [6, 6.07) is 6.25. The molecule has 0 radical (unpaired) electrons. The summed E-state index contributed by atoms with van der Waals surface area (Å²) >= 11 is 3.55. The molecule has 3 aromatic rings. The molecule has 0 spiro atoms. The molecule has 0 bridgehead atoms. The van der Waals surface area contributed by atoms with Gasteiger partial charge in [-0.2, -0.15) is 0 Å². The number of aromatic nitrogens is 3. The van der Waals surface area contributed by atoms with Gasteiger partial charge in [0.1, 0.15) is 5.52 Å². The number of aryl methyl sites for hydroxylation is 1. The van der Waals surface area contributed by atoms with Crippen LogP contribution in [0.25, 0.3) is 21.9 Å². The molecular weight excluding hydrogens is 382 g/mol. The number of halogens is 1. The summed E-state index contributed by atoms with van der Waals surface area (Å²) in [5.41, 5.74) is 4.21. The van der Waals surface area contributed by atoms with E-state index in [2.05, 4.69) is 57.5 Å². The van der Waals surface area contributed by atoms with Gasteiger partial charge in [0.15, 0.2) is 6.29 Å². The van der Waals surface area contributed by atoms with Crippen LogP contribution in [0.4, 0.5) is 0 Å². The lowest BCUT2D eigenvalue weighted by molar-refractivity contribution is -0.107. The van der Waals surface area contributed by atoms with Crippen molar-refractivity contribution in [3.05, 3.63) is 34.7 Å². The fourth-order valence-electron chi connectivity index (χ4n) is 3.16. The Morgan fingerprint density at radius 1 is 1.20 bits per heavy atom. The summed E-state index contributed by atoms with van der Waals surface area (Å²) in [6.07, 6.45) is 3.57. The first-order chi connectivity index (χ1) is 12.0. The highest BCUT2D eigenvalue weighted by Crippen LogP contribution is 2.31. The number of rotatable bonds is 7. The second-order valence-electron chi connectivity index (χ2n) is 6.49. The van der Waals surface area contributed by atoms with Crippen LogP contribution in [0.15, 0.2) is 29.0 Å².